The Hall–Kier alpha value is -1.14. The number of carbonyl (C=O) groups is 2. The SMILES string of the molecule is C.COC(=O)C(=O)OCC1COC(C)(C)O1. The maximum Gasteiger partial charge on any atom is 0.417 e. The van der Waals surface area contributed by atoms with Gasteiger partial charge >= 0.3 is 11.9 Å². The number of hydrogen-bond acceptors (Lipinski definition) is 6. The summed E-state index contributed by atoms with van der Waals surface area (Å²) >= 11 is 0. The first-order chi connectivity index (χ1) is 6.94. The zero-order valence-electron chi connectivity index (χ0n) is 8.94. The van der Waals surface area contributed by atoms with Crippen LogP contribution < -0.4 is 0 Å². The van der Waals surface area contributed by atoms with E-state index < -0.39 is 17.7 Å². The molecule has 1 aliphatic rings. The van der Waals surface area contributed by atoms with Crippen LogP contribution in [-0.4, -0.2) is 44.2 Å². The van der Waals surface area contributed by atoms with Crippen LogP contribution in [-0.2, 0) is 28.5 Å². The van der Waals surface area contributed by atoms with Crippen molar-refractivity contribution in [2.75, 3.05) is 20.3 Å². The van der Waals surface area contributed by atoms with E-state index in [4.69, 9.17) is 9.47 Å². The summed E-state index contributed by atoms with van der Waals surface area (Å²) < 4.78 is 19.4. The monoisotopic (exact) mass is 234 g/mol. The summed E-state index contributed by atoms with van der Waals surface area (Å²) in [6.45, 7) is 3.84. The first-order valence-electron chi connectivity index (χ1n) is 4.51. The highest BCUT2D eigenvalue weighted by molar-refractivity contribution is 6.29. The van der Waals surface area contributed by atoms with Crippen molar-refractivity contribution in [1.29, 1.82) is 0 Å². The molecule has 1 heterocycles. The fourth-order valence-electron chi connectivity index (χ4n) is 1.16. The van der Waals surface area contributed by atoms with Crippen LogP contribution in [0.15, 0.2) is 0 Å². The molecule has 1 unspecified atom stereocenters. The standard InChI is InChI=1S/C9H14O6.CH4/c1-9(2)14-5-6(15-9)4-13-8(11)7(10)12-3;/h6H,4-5H2,1-3H3;1H4. The predicted octanol–water partition coefficient (Wildman–Crippen LogP) is 0.490. The molecule has 6 heteroatoms. The van der Waals surface area contributed by atoms with Gasteiger partial charge in [0.2, 0.25) is 0 Å². The molecule has 16 heavy (non-hydrogen) atoms. The molecule has 1 atom stereocenters. The number of rotatable bonds is 2. The molecule has 1 rings (SSSR count). The van der Waals surface area contributed by atoms with E-state index in [-0.39, 0.29) is 20.1 Å². The third-order valence-corrected chi connectivity index (χ3v) is 1.82. The molecular formula is C10H18O6. The third-order valence-electron chi connectivity index (χ3n) is 1.82. The highest BCUT2D eigenvalue weighted by Crippen LogP contribution is 2.22. The van der Waals surface area contributed by atoms with E-state index in [0.29, 0.717) is 6.61 Å². The number of ether oxygens (including phenoxy) is 4. The number of esters is 2. The Balaban J connectivity index is 0.00000225. The van der Waals surface area contributed by atoms with E-state index in [2.05, 4.69) is 9.47 Å². The second kappa shape index (κ2) is 5.81. The first kappa shape index (κ1) is 14.9. The molecule has 0 aromatic rings. The quantitative estimate of drug-likeness (QED) is 0.511. The van der Waals surface area contributed by atoms with E-state index in [9.17, 15) is 9.59 Å². The maximum atomic E-state index is 10.9. The van der Waals surface area contributed by atoms with E-state index >= 15 is 0 Å². The Kier molecular flexibility index (Phi) is 5.40. The molecule has 1 aliphatic heterocycles. The van der Waals surface area contributed by atoms with Gasteiger partial charge in [-0.05, 0) is 13.8 Å². The lowest BCUT2D eigenvalue weighted by molar-refractivity contribution is -0.171. The second-order valence-corrected chi connectivity index (χ2v) is 3.54. The Labute approximate surface area is 94.8 Å². The van der Waals surface area contributed by atoms with Gasteiger partial charge < -0.3 is 18.9 Å². The van der Waals surface area contributed by atoms with Crippen molar-refractivity contribution in [3.63, 3.8) is 0 Å². The van der Waals surface area contributed by atoms with Gasteiger partial charge in [-0.25, -0.2) is 9.59 Å². The van der Waals surface area contributed by atoms with Gasteiger partial charge in [-0.15, -0.1) is 0 Å². The molecule has 0 saturated carbocycles. The molecule has 0 N–H and O–H groups in total. The lowest BCUT2D eigenvalue weighted by Gasteiger charge is -2.16. The topological polar surface area (TPSA) is 71.1 Å². The minimum Gasteiger partial charge on any atom is -0.461 e. The van der Waals surface area contributed by atoms with Crippen molar-refractivity contribution in [3.8, 4) is 0 Å². The fourth-order valence-corrected chi connectivity index (χ4v) is 1.16. The maximum absolute atomic E-state index is 10.9. The van der Waals surface area contributed by atoms with Crippen molar-refractivity contribution >= 4 is 11.9 Å². The van der Waals surface area contributed by atoms with Crippen LogP contribution in [0.2, 0.25) is 0 Å². The second-order valence-electron chi connectivity index (χ2n) is 3.54. The van der Waals surface area contributed by atoms with E-state index in [1.54, 1.807) is 13.8 Å². The van der Waals surface area contributed by atoms with Crippen molar-refractivity contribution in [2.24, 2.45) is 0 Å². The Morgan fingerprint density at radius 1 is 1.38 bits per heavy atom. The third kappa shape index (κ3) is 4.16. The van der Waals surface area contributed by atoms with Crippen LogP contribution in [0, 0.1) is 0 Å². The summed E-state index contributed by atoms with van der Waals surface area (Å²) in [5, 5.41) is 0. The molecule has 94 valence electrons. The summed E-state index contributed by atoms with van der Waals surface area (Å²) in [4.78, 5) is 21.6. The number of hydrogen-bond donors (Lipinski definition) is 0. The van der Waals surface area contributed by atoms with Gasteiger partial charge in [-0.1, -0.05) is 7.43 Å². The van der Waals surface area contributed by atoms with Gasteiger partial charge in [-0.3, -0.25) is 0 Å². The Morgan fingerprint density at radius 2 is 2.00 bits per heavy atom. The van der Waals surface area contributed by atoms with Gasteiger partial charge in [-0.2, -0.15) is 0 Å². The summed E-state index contributed by atoms with van der Waals surface area (Å²) in [6, 6.07) is 0. The fraction of sp³-hybridized carbons (Fsp3) is 0.800. The normalized spacial score (nSPS) is 22.1. The summed E-state index contributed by atoms with van der Waals surface area (Å²) in [5.41, 5.74) is 0. The summed E-state index contributed by atoms with van der Waals surface area (Å²) in [6.07, 6.45) is -0.339. The van der Waals surface area contributed by atoms with Gasteiger partial charge in [0, 0.05) is 0 Å². The minimum absolute atomic E-state index is 0. The van der Waals surface area contributed by atoms with Crippen molar-refractivity contribution in [2.45, 2.75) is 33.2 Å². The molecule has 6 nitrogen and oxygen atoms in total. The van der Waals surface area contributed by atoms with E-state index in [1.807, 2.05) is 0 Å². The molecule has 0 radical (unpaired) electrons. The predicted molar refractivity (Wildman–Crippen MR) is 54.6 cm³/mol. The molecule has 0 aromatic carbocycles. The first-order valence-corrected chi connectivity index (χ1v) is 4.51. The molecule has 0 aliphatic carbocycles. The van der Waals surface area contributed by atoms with Crippen LogP contribution in [0.25, 0.3) is 0 Å². The molecule has 0 aromatic heterocycles. The van der Waals surface area contributed by atoms with Crippen molar-refractivity contribution in [1.82, 2.24) is 0 Å². The Bertz CT molecular complexity index is 260. The summed E-state index contributed by atoms with van der Waals surface area (Å²) in [5.74, 6) is -2.71. The van der Waals surface area contributed by atoms with E-state index in [0.717, 1.165) is 7.11 Å². The lowest BCUT2D eigenvalue weighted by atomic mass is 10.4. The Morgan fingerprint density at radius 3 is 2.44 bits per heavy atom. The molecule has 0 amide bonds. The number of carbonyl (C=O) groups excluding carboxylic acids is 2. The van der Waals surface area contributed by atoms with Gasteiger partial charge in [0.1, 0.15) is 12.7 Å². The van der Waals surface area contributed by atoms with Crippen LogP contribution >= 0.6 is 0 Å². The van der Waals surface area contributed by atoms with Gasteiger partial charge in [0.15, 0.2) is 5.79 Å². The number of methoxy groups -OCH3 is 1. The van der Waals surface area contributed by atoms with Crippen LogP contribution in [0.3, 0.4) is 0 Å². The largest absolute Gasteiger partial charge is 0.461 e. The van der Waals surface area contributed by atoms with Crippen molar-refractivity contribution < 1.29 is 28.5 Å². The molecular weight excluding hydrogens is 216 g/mol. The highest BCUT2D eigenvalue weighted by atomic mass is 16.7. The average Bonchev–Trinajstić information content (AvgIpc) is 2.53. The summed E-state index contributed by atoms with van der Waals surface area (Å²) in [7, 11) is 1.11. The lowest BCUT2D eigenvalue weighted by Crippen LogP contribution is -2.27. The van der Waals surface area contributed by atoms with Crippen molar-refractivity contribution in [3.05, 3.63) is 0 Å². The van der Waals surface area contributed by atoms with Gasteiger partial charge in [0.25, 0.3) is 0 Å². The molecule has 1 saturated heterocycles. The highest BCUT2D eigenvalue weighted by Gasteiger charge is 2.33. The minimum atomic E-state index is -1.02. The average molecular weight is 234 g/mol. The smallest absolute Gasteiger partial charge is 0.417 e. The zero-order chi connectivity index (χ0) is 11.5. The van der Waals surface area contributed by atoms with Crippen LogP contribution in [0.1, 0.15) is 21.3 Å². The van der Waals surface area contributed by atoms with Crippen LogP contribution in [0.4, 0.5) is 0 Å². The zero-order valence-corrected chi connectivity index (χ0v) is 8.94. The van der Waals surface area contributed by atoms with Crippen LogP contribution in [0.5, 0.6) is 0 Å². The molecule has 0 bridgehead atoms. The molecule has 1 fully saturated rings. The van der Waals surface area contributed by atoms with E-state index in [1.165, 1.54) is 0 Å². The van der Waals surface area contributed by atoms with Gasteiger partial charge in [0.05, 0.1) is 13.7 Å². The molecule has 0 spiro atoms.